The third-order valence-corrected chi connectivity index (χ3v) is 1.76. The molecule has 18 heavy (non-hydrogen) atoms. The van der Waals surface area contributed by atoms with Gasteiger partial charge in [-0.25, -0.2) is 0 Å². The van der Waals surface area contributed by atoms with E-state index in [1.54, 1.807) is 19.2 Å². The topological polar surface area (TPSA) is 48.3 Å². The van der Waals surface area contributed by atoms with Crippen LogP contribution in [-0.4, -0.2) is 17.1 Å². The molecule has 1 heterocycles. The van der Waals surface area contributed by atoms with Gasteiger partial charge in [-0.3, -0.25) is 9.59 Å². The monoisotopic (exact) mass is 255 g/mol. The molecule has 0 N–H and O–H groups in total. The predicted molar refractivity (Wildman–Crippen MR) is 74.8 cm³/mol. The molecule has 0 saturated heterocycles. The number of carbonyl (C=O) groups is 1. The summed E-state index contributed by atoms with van der Waals surface area (Å²) in [6, 6.07) is 3.26. The first-order valence-electron chi connectivity index (χ1n) is 6.46. The van der Waals surface area contributed by atoms with Gasteiger partial charge in [0.15, 0.2) is 0 Å². The van der Waals surface area contributed by atoms with Gasteiger partial charge in [-0.2, -0.15) is 0 Å². The van der Waals surface area contributed by atoms with Crippen molar-refractivity contribution in [1.82, 2.24) is 4.57 Å². The first-order chi connectivity index (χ1) is 8.63. The Kier molecular flexibility index (Phi) is 12.4. The van der Waals surface area contributed by atoms with Gasteiger partial charge in [0.1, 0.15) is 6.54 Å². The normalized spacial score (nSPS) is 8.33. The maximum atomic E-state index is 11.3. The Morgan fingerprint density at radius 1 is 1.28 bits per heavy atom. The van der Waals surface area contributed by atoms with Crippen molar-refractivity contribution in [3.8, 4) is 0 Å². The molecule has 1 rings (SSSR count). The number of carbonyl (C=O) groups excluding carboxylic acids is 1. The van der Waals surface area contributed by atoms with Crippen molar-refractivity contribution in [3.05, 3.63) is 34.2 Å². The van der Waals surface area contributed by atoms with Crippen LogP contribution in [0.2, 0.25) is 0 Å². The van der Waals surface area contributed by atoms with E-state index in [-0.39, 0.29) is 12.1 Å². The Labute approximate surface area is 110 Å². The van der Waals surface area contributed by atoms with Gasteiger partial charge in [-0.1, -0.05) is 27.7 Å². The summed E-state index contributed by atoms with van der Waals surface area (Å²) in [7, 11) is 0. The third-order valence-electron chi connectivity index (χ3n) is 1.76. The molecule has 4 nitrogen and oxygen atoms in total. The molecule has 0 atom stereocenters. The van der Waals surface area contributed by atoms with Crippen LogP contribution < -0.4 is 5.56 Å². The molecule has 0 radical (unpaired) electrons. The summed E-state index contributed by atoms with van der Waals surface area (Å²) in [5.74, 6) is -0.390. The maximum Gasteiger partial charge on any atom is 0.326 e. The summed E-state index contributed by atoms with van der Waals surface area (Å²) >= 11 is 0. The second-order valence-corrected chi connectivity index (χ2v) is 2.98. The van der Waals surface area contributed by atoms with E-state index in [2.05, 4.69) is 0 Å². The summed E-state index contributed by atoms with van der Waals surface area (Å²) in [4.78, 5) is 22.4. The Balaban J connectivity index is 0. The molecular formula is C14H25NO3. The number of aromatic nitrogens is 1. The number of nitrogens with zero attached hydrogens (tertiary/aromatic N) is 1. The van der Waals surface area contributed by atoms with Gasteiger partial charge in [0.2, 0.25) is 0 Å². The molecule has 1 aromatic rings. The molecule has 0 aliphatic rings. The largest absolute Gasteiger partial charge is 0.465 e. The van der Waals surface area contributed by atoms with Crippen LogP contribution in [0.5, 0.6) is 0 Å². The Hall–Kier alpha value is -1.58. The van der Waals surface area contributed by atoms with Crippen LogP contribution in [0.4, 0.5) is 0 Å². The summed E-state index contributed by atoms with van der Waals surface area (Å²) < 4.78 is 6.06. The minimum Gasteiger partial charge on any atom is -0.465 e. The molecule has 104 valence electrons. The highest BCUT2D eigenvalue weighted by atomic mass is 16.5. The number of pyridine rings is 1. The van der Waals surface area contributed by atoms with E-state index in [0.717, 1.165) is 5.56 Å². The summed E-state index contributed by atoms with van der Waals surface area (Å²) in [6.07, 6.45) is 1.59. The lowest BCUT2D eigenvalue weighted by Gasteiger charge is -2.04. The van der Waals surface area contributed by atoms with Crippen molar-refractivity contribution < 1.29 is 9.53 Å². The van der Waals surface area contributed by atoms with Crippen LogP contribution in [0.25, 0.3) is 0 Å². The van der Waals surface area contributed by atoms with Crippen molar-refractivity contribution in [2.24, 2.45) is 0 Å². The third kappa shape index (κ3) is 7.65. The average Bonchev–Trinajstić information content (AvgIpc) is 2.38. The molecule has 0 saturated carbocycles. The van der Waals surface area contributed by atoms with Crippen LogP contribution in [0.1, 0.15) is 40.2 Å². The Morgan fingerprint density at radius 2 is 1.83 bits per heavy atom. The molecule has 0 spiro atoms. The summed E-state index contributed by atoms with van der Waals surface area (Å²) in [5, 5.41) is 0. The SMILES string of the molecule is CC.CC.CCOC(=O)Cn1ccc(C)cc1=O. The van der Waals surface area contributed by atoms with E-state index < -0.39 is 5.97 Å². The number of hydrogen-bond donors (Lipinski definition) is 0. The maximum absolute atomic E-state index is 11.3. The highest BCUT2D eigenvalue weighted by molar-refractivity contribution is 5.69. The number of rotatable bonds is 3. The lowest BCUT2D eigenvalue weighted by Crippen LogP contribution is -2.24. The van der Waals surface area contributed by atoms with Crippen LogP contribution in [0, 0.1) is 6.92 Å². The fourth-order valence-corrected chi connectivity index (χ4v) is 1.08. The standard InChI is InChI=1S/C10H13NO3.2C2H6/c1-3-14-10(13)7-11-5-4-8(2)6-9(11)12;2*1-2/h4-6H,3,7H2,1-2H3;2*1-2H3. The minimum atomic E-state index is -0.390. The first-order valence-corrected chi connectivity index (χ1v) is 6.46. The molecule has 0 bridgehead atoms. The zero-order valence-corrected chi connectivity index (χ0v) is 12.3. The van der Waals surface area contributed by atoms with E-state index in [4.69, 9.17) is 4.74 Å². The number of aryl methyl sites for hydroxylation is 1. The predicted octanol–water partition coefficient (Wildman–Crippen LogP) is 2.77. The molecule has 1 aromatic heterocycles. The molecule has 0 unspecified atom stereocenters. The van der Waals surface area contributed by atoms with E-state index in [9.17, 15) is 9.59 Å². The van der Waals surface area contributed by atoms with Gasteiger partial charge in [-0.15, -0.1) is 0 Å². The molecular weight excluding hydrogens is 230 g/mol. The van der Waals surface area contributed by atoms with Crippen molar-refractivity contribution in [2.45, 2.75) is 48.1 Å². The fraction of sp³-hybridized carbons (Fsp3) is 0.571. The molecule has 0 aromatic carbocycles. The fourth-order valence-electron chi connectivity index (χ4n) is 1.08. The van der Waals surface area contributed by atoms with Gasteiger partial charge >= 0.3 is 5.97 Å². The number of esters is 1. The highest BCUT2D eigenvalue weighted by Crippen LogP contribution is 1.91. The van der Waals surface area contributed by atoms with Gasteiger partial charge in [-0.05, 0) is 25.5 Å². The molecule has 0 fully saturated rings. The molecule has 0 aliphatic heterocycles. The van der Waals surface area contributed by atoms with E-state index in [0.29, 0.717) is 6.61 Å². The van der Waals surface area contributed by atoms with Gasteiger partial charge in [0.05, 0.1) is 6.61 Å². The first kappa shape index (κ1) is 18.8. The Morgan fingerprint density at radius 3 is 2.28 bits per heavy atom. The Bertz CT molecular complexity index is 383. The van der Waals surface area contributed by atoms with Gasteiger partial charge < -0.3 is 9.30 Å². The van der Waals surface area contributed by atoms with Crippen LogP contribution >= 0.6 is 0 Å². The lowest BCUT2D eigenvalue weighted by molar-refractivity contribution is -0.143. The van der Waals surface area contributed by atoms with Crippen molar-refractivity contribution in [3.63, 3.8) is 0 Å². The van der Waals surface area contributed by atoms with E-state index in [1.807, 2.05) is 34.6 Å². The number of ether oxygens (including phenoxy) is 1. The van der Waals surface area contributed by atoms with Crippen LogP contribution in [0.3, 0.4) is 0 Å². The van der Waals surface area contributed by atoms with Crippen molar-refractivity contribution in [2.75, 3.05) is 6.61 Å². The molecule has 0 amide bonds. The van der Waals surface area contributed by atoms with E-state index in [1.165, 1.54) is 10.6 Å². The van der Waals surface area contributed by atoms with Crippen LogP contribution in [-0.2, 0) is 16.1 Å². The highest BCUT2D eigenvalue weighted by Gasteiger charge is 2.03. The van der Waals surface area contributed by atoms with Gasteiger partial charge in [0, 0.05) is 12.3 Å². The quantitative estimate of drug-likeness (QED) is 0.780. The van der Waals surface area contributed by atoms with Crippen LogP contribution in [0.15, 0.2) is 23.1 Å². The van der Waals surface area contributed by atoms with Crippen molar-refractivity contribution >= 4 is 5.97 Å². The second kappa shape index (κ2) is 11.9. The smallest absolute Gasteiger partial charge is 0.326 e. The zero-order valence-electron chi connectivity index (χ0n) is 12.3. The molecule has 4 heteroatoms. The average molecular weight is 255 g/mol. The van der Waals surface area contributed by atoms with Crippen molar-refractivity contribution in [1.29, 1.82) is 0 Å². The summed E-state index contributed by atoms with van der Waals surface area (Å²) in [5.41, 5.74) is 0.702. The number of hydrogen-bond acceptors (Lipinski definition) is 3. The van der Waals surface area contributed by atoms with E-state index >= 15 is 0 Å². The van der Waals surface area contributed by atoms with Gasteiger partial charge in [0.25, 0.3) is 5.56 Å². The summed E-state index contributed by atoms with van der Waals surface area (Å²) in [6.45, 7) is 11.9. The minimum absolute atomic E-state index is 0.0209. The lowest BCUT2D eigenvalue weighted by atomic mass is 10.3. The second-order valence-electron chi connectivity index (χ2n) is 2.98. The molecule has 0 aliphatic carbocycles. The zero-order chi connectivity index (χ0) is 14.6.